The van der Waals surface area contributed by atoms with Crippen molar-refractivity contribution >= 4 is 34.2 Å². The molecular weight excluding hydrogens is 532 g/mol. The quantitative estimate of drug-likeness (QED) is 0.187. The summed E-state index contributed by atoms with van der Waals surface area (Å²) in [6.07, 6.45) is 8.61. The number of rotatable bonds is 15. The number of ether oxygens (including phenoxy) is 2. The molecule has 2 aromatic carbocycles. The van der Waals surface area contributed by atoms with Gasteiger partial charge < -0.3 is 24.4 Å². The van der Waals surface area contributed by atoms with E-state index in [1.807, 2.05) is 42.5 Å². The Hall–Kier alpha value is -3.49. The minimum absolute atomic E-state index is 0.128. The largest absolute Gasteiger partial charge is 0.465 e. The molecule has 5 rings (SSSR count). The van der Waals surface area contributed by atoms with Gasteiger partial charge in [0.1, 0.15) is 11.6 Å². The second-order valence-electron chi connectivity index (χ2n) is 11.6. The number of hydrogen-bond acceptors (Lipinski definition) is 6. The zero-order chi connectivity index (χ0) is 29.7. The maximum absolute atomic E-state index is 14.7. The van der Waals surface area contributed by atoms with Gasteiger partial charge in [0.15, 0.2) is 0 Å². The summed E-state index contributed by atoms with van der Waals surface area (Å²) in [5.74, 6) is -2.33. The number of fused-ring (bicyclic) bond motifs is 2. The topological polar surface area (TPSA) is 96.4 Å². The molecule has 3 aliphatic rings. The van der Waals surface area contributed by atoms with Crippen molar-refractivity contribution in [3.8, 4) is 0 Å². The molecule has 0 aromatic heterocycles. The summed E-state index contributed by atoms with van der Waals surface area (Å²) in [5, 5.41) is 11.3. The predicted molar refractivity (Wildman–Crippen MR) is 162 cm³/mol. The first kappa shape index (κ1) is 30.0. The van der Waals surface area contributed by atoms with Crippen molar-refractivity contribution in [2.24, 2.45) is 11.8 Å². The second-order valence-corrected chi connectivity index (χ2v) is 11.6. The zero-order valence-electron chi connectivity index (χ0n) is 24.3. The van der Waals surface area contributed by atoms with Crippen LogP contribution in [0.15, 0.2) is 67.8 Å². The average Bonchev–Trinajstić information content (AvgIpc) is 3.65. The van der Waals surface area contributed by atoms with Gasteiger partial charge in [0, 0.05) is 25.4 Å². The lowest BCUT2D eigenvalue weighted by atomic mass is 9.70. The van der Waals surface area contributed by atoms with Crippen LogP contribution in [-0.2, 0) is 23.9 Å². The van der Waals surface area contributed by atoms with E-state index in [2.05, 4.69) is 13.2 Å². The number of hydrogen-bond donors (Lipinski definition) is 1. The van der Waals surface area contributed by atoms with Crippen LogP contribution < -0.4 is 4.90 Å². The fraction of sp³-hybridized carbons (Fsp3) is 0.500. The maximum atomic E-state index is 14.7. The monoisotopic (exact) mass is 574 g/mol. The first-order valence-corrected chi connectivity index (χ1v) is 15.2. The molecule has 3 saturated heterocycles. The van der Waals surface area contributed by atoms with E-state index in [0.717, 1.165) is 35.7 Å². The number of nitrogens with zero attached hydrogens (tertiary/aromatic N) is 2. The molecule has 2 unspecified atom stereocenters. The molecule has 0 saturated carbocycles. The summed E-state index contributed by atoms with van der Waals surface area (Å²) in [7, 11) is 0. The molecular formula is C34H42N2O6. The molecule has 42 heavy (non-hydrogen) atoms. The van der Waals surface area contributed by atoms with Crippen LogP contribution in [0.3, 0.4) is 0 Å². The van der Waals surface area contributed by atoms with Crippen LogP contribution in [0.4, 0.5) is 5.69 Å². The average molecular weight is 575 g/mol. The lowest BCUT2D eigenvalue weighted by Gasteiger charge is -2.37. The predicted octanol–water partition coefficient (Wildman–Crippen LogP) is 4.80. The summed E-state index contributed by atoms with van der Waals surface area (Å²) in [6, 6.07) is 13.0. The molecule has 3 heterocycles. The molecule has 3 fully saturated rings. The van der Waals surface area contributed by atoms with E-state index >= 15 is 0 Å². The highest BCUT2D eigenvalue weighted by molar-refractivity contribution is 6.05. The third kappa shape index (κ3) is 5.50. The van der Waals surface area contributed by atoms with Crippen LogP contribution in [0.25, 0.3) is 10.8 Å². The Morgan fingerprint density at radius 2 is 1.86 bits per heavy atom. The molecule has 224 valence electrons. The number of carbonyl (C=O) groups is 3. The highest BCUT2D eigenvalue weighted by Crippen LogP contribution is 2.59. The standard InChI is InChI=1S/C34H42N2O6/c1-3-5-12-22-41-33(40)28-27-17-18-34(42-27)29(28)31(38)36(20-10-6-7-11-21-37)30(34)32(39)35(19-4-2)26-16-15-24-13-8-9-14-25(24)23-26/h3-4,8-9,13-16,23,27-30,37H,1-2,5-7,10-12,17-22H2/t27-,28+,29-,30?,34?/m0/s1. The molecule has 2 amide bonds. The number of unbranched alkanes of at least 4 members (excludes halogenated alkanes) is 4. The van der Waals surface area contributed by atoms with Crippen molar-refractivity contribution in [3.05, 3.63) is 67.8 Å². The van der Waals surface area contributed by atoms with Gasteiger partial charge in [-0.05, 0) is 61.4 Å². The smallest absolute Gasteiger partial charge is 0.312 e. The van der Waals surface area contributed by atoms with Crippen LogP contribution in [0.5, 0.6) is 0 Å². The number of allylic oxidation sites excluding steroid dienone is 1. The number of aliphatic hydroxyl groups excluding tert-OH is 1. The van der Waals surface area contributed by atoms with E-state index in [-0.39, 0.29) is 31.6 Å². The van der Waals surface area contributed by atoms with Crippen LogP contribution in [0.1, 0.15) is 51.4 Å². The summed E-state index contributed by atoms with van der Waals surface area (Å²) in [6.45, 7) is 8.65. The number of benzene rings is 2. The minimum atomic E-state index is -1.08. The van der Waals surface area contributed by atoms with Crippen LogP contribution in [0, 0.1) is 11.8 Å². The van der Waals surface area contributed by atoms with Crippen molar-refractivity contribution in [3.63, 3.8) is 0 Å². The molecule has 2 aromatic rings. The first-order valence-electron chi connectivity index (χ1n) is 15.2. The molecule has 8 heteroatoms. The van der Waals surface area contributed by atoms with Gasteiger partial charge in [-0.3, -0.25) is 14.4 Å². The van der Waals surface area contributed by atoms with Gasteiger partial charge >= 0.3 is 5.97 Å². The van der Waals surface area contributed by atoms with Gasteiger partial charge in [-0.15, -0.1) is 13.2 Å². The molecule has 2 bridgehead atoms. The summed E-state index contributed by atoms with van der Waals surface area (Å²) >= 11 is 0. The van der Waals surface area contributed by atoms with Crippen molar-refractivity contribution < 1.29 is 29.0 Å². The Balaban J connectivity index is 1.47. The number of carbonyl (C=O) groups excluding carboxylic acids is 3. The molecule has 0 aliphatic carbocycles. The van der Waals surface area contributed by atoms with Gasteiger partial charge in [0.2, 0.25) is 5.91 Å². The normalized spacial score (nSPS) is 25.9. The zero-order valence-corrected chi connectivity index (χ0v) is 24.3. The van der Waals surface area contributed by atoms with Gasteiger partial charge in [-0.1, -0.05) is 55.3 Å². The van der Waals surface area contributed by atoms with E-state index < -0.39 is 35.6 Å². The Morgan fingerprint density at radius 1 is 1.07 bits per heavy atom. The third-order valence-corrected chi connectivity index (χ3v) is 9.03. The highest BCUT2D eigenvalue weighted by atomic mass is 16.6. The van der Waals surface area contributed by atoms with E-state index in [9.17, 15) is 19.5 Å². The van der Waals surface area contributed by atoms with E-state index in [0.29, 0.717) is 38.6 Å². The van der Waals surface area contributed by atoms with Crippen molar-refractivity contribution in [2.75, 3.05) is 31.2 Å². The molecule has 5 atom stereocenters. The summed E-state index contributed by atoms with van der Waals surface area (Å²) in [5.41, 5.74) is -0.357. The Bertz CT molecular complexity index is 1330. The van der Waals surface area contributed by atoms with Crippen LogP contribution in [-0.4, -0.2) is 71.8 Å². The van der Waals surface area contributed by atoms with E-state index in [1.54, 1.807) is 22.0 Å². The number of anilines is 1. The maximum Gasteiger partial charge on any atom is 0.312 e. The first-order chi connectivity index (χ1) is 20.5. The van der Waals surface area contributed by atoms with Crippen LogP contribution in [0.2, 0.25) is 0 Å². The summed E-state index contributed by atoms with van der Waals surface area (Å²) < 4.78 is 12.2. The van der Waals surface area contributed by atoms with Gasteiger partial charge in [0.25, 0.3) is 5.91 Å². The van der Waals surface area contributed by atoms with Gasteiger partial charge in [0.05, 0.1) is 24.5 Å². The van der Waals surface area contributed by atoms with E-state index in [1.165, 1.54) is 0 Å². The molecule has 1 N–H and O–H groups in total. The summed E-state index contributed by atoms with van der Waals surface area (Å²) in [4.78, 5) is 45.5. The fourth-order valence-electron chi connectivity index (χ4n) is 7.13. The second kappa shape index (κ2) is 13.2. The number of aliphatic hydroxyl groups is 1. The van der Waals surface area contributed by atoms with Crippen LogP contribution >= 0.6 is 0 Å². The molecule has 3 aliphatic heterocycles. The number of likely N-dealkylation sites (tertiary alicyclic amines) is 1. The molecule has 0 radical (unpaired) electrons. The van der Waals surface area contributed by atoms with Gasteiger partial charge in [-0.2, -0.15) is 0 Å². The van der Waals surface area contributed by atoms with Crippen molar-refractivity contribution in [2.45, 2.75) is 69.1 Å². The minimum Gasteiger partial charge on any atom is -0.465 e. The number of amides is 2. The Labute approximate surface area is 248 Å². The van der Waals surface area contributed by atoms with Gasteiger partial charge in [-0.25, -0.2) is 0 Å². The lowest BCUT2D eigenvalue weighted by molar-refractivity contribution is -0.155. The Morgan fingerprint density at radius 3 is 2.62 bits per heavy atom. The van der Waals surface area contributed by atoms with Crippen molar-refractivity contribution in [1.29, 1.82) is 0 Å². The molecule has 8 nitrogen and oxygen atoms in total. The van der Waals surface area contributed by atoms with Crippen molar-refractivity contribution in [1.82, 2.24) is 4.90 Å². The number of esters is 1. The fourth-order valence-corrected chi connectivity index (χ4v) is 7.13. The molecule has 1 spiro atoms. The third-order valence-electron chi connectivity index (χ3n) is 9.03. The van der Waals surface area contributed by atoms with E-state index in [4.69, 9.17) is 9.47 Å². The Kier molecular flexibility index (Phi) is 9.43. The highest BCUT2D eigenvalue weighted by Gasteiger charge is 2.75. The lowest BCUT2D eigenvalue weighted by Crippen LogP contribution is -2.56. The SMILES string of the molecule is C=CCCCOC(=O)[C@@H]1[C@@H]2CCC3(O2)C(C(=O)N(CC=C)c2ccc4ccccc4c2)N(CCCCCCO)C(=O)[C@H]13.